The summed E-state index contributed by atoms with van der Waals surface area (Å²) in [7, 11) is 2.97. The van der Waals surface area contributed by atoms with Gasteiger partial charge in [0, 0.05) is 36.8 Å². The van der Waals surface area contributed by atoms with Gasteiger partial charge in [0.25, 0.3) is 5.91 Å². The molecule has 0 fully saturated rings. The van der Waals surface area contributed by atoms with Crippen molar-refractivity contribution in [2.24, 2.45) is 4.99 Å². The number of hydrogen-bond acceptors (Lipinski definition) is 7. The Morgan fingerprint density at radius 1 is 1.10 bits per heavy atom. The molecule has 0 aliphatic carbocycles. The highest BCUT2D eigenvalue weighted by Gasteiger charge is 2.35. The van der Waals surface area contributed by atoms with E-state index >= 15 is 0 Å². The molecule has 0 spiro atoms. The van der Waals surface area contributed by atoms with Gasteiger partial charge in [-0.25, -0.2) is 4.99 Å². The molecule has 8 nitrogen and oxygen atoms in total. The molecule has 4 bridgehead atoms. The van der Waals surface area contributed by atoms with Crippen LogP contribution in [0.3, 0.4) is 0 Å². The maximum Gasteiger partial charge on any atom is 0.419 e. The third kappa shape index (κ3) is 8.42. The van der Waals surface area contributed by atoms with E-state index in [0.717, 1.165) is 25.5 Å². The average molecular weight is 561 g/mol. The van der Waals surface area contributed by atoms with Gasteiger partial charge in [0.2, 0.25) is 0 Å². The zero-order valence-corrected chi connectivity index (χ0v) is 23.1. The van der Waals surface area contributed by atoms with Crippen LogP contribution < -0.4 is 30.2 Å². The first-order valence-corrected chi connectivity index (χ1v) is 13.0. The second-order valence-corrected chi connectivity index (χ2v) is 8.95. The quantitative estimate of drug-likeness (QED) is 0.388. The topological polar surface area (TPSA) is 93.2 Å². The highest BCUT2D eigenvalue weighted by Crippen LogP contribution is 2.32. The van der Waals surface area contributed by atoms with Gasteiger partial charge in [0.05, 0.1) is 37.1 Å². The van der Waals surface area contributed by atoms with Crippen LogP contribution in [0, 0.1) is 0 Å². The first-order chi connectivity index (χ1) is 19.2. The van der Waals surface area contributed by atoms with Crippen molar-refractivity contribution in [2.75, 3.05) is 38.0 Å². The molecule has 0 radical (unpaired) electrons. The van der Waals surface area contributed by atoms with Crippen LogP contribution in [0.5, 0.6) is 17.2 Å². The summed E-state index contributed by atoms with van der Waals surface area (Å²) in [6.07, 6.45) is 0.598. The summed E-state index contributed by atoms with van der Waals surface area (Å²) in [5, 5.41) is 8.32. The summed E-state index contributed by atoms with van der Waals surface area (Å²) in [6, 6.07) is 9.83. The van der Waals surface area contributed by atoms with Crippen molar-refractivity contribution in [3.63, 3.8) is 0 Å². The van der Waals surface area contributed by atoms with Crippen LogP contribution >= 0.6 is 0 Å². The zero-order valence-electron chi connectivity index (χ0n) is 23.1. The van der Waals surface area contributed by atoms with Gasteiger partial charge in [-0.05, 0) is 62.9 Å². The smallest absolute Gasteiger partial charge is 0.419 e. The molecule has 4 rings (SSSR count). The number of carbonyl (C=O) groups excluding carboxylic acids is 1. The number of alkyl halides is 3. The number of ether oxygens (including phenoxy) is 3. The maximum absolute atomic E-state index is 14.2. The Morgan fingerprint density at radius 2 is 1.85 bits per heavy atom. The number of nitrogens with one attached hydrogen (secondary N) is 3. The molecule has 2 aliphatic heterocycles. The fourth-order valence-electron chi connectivity index (χ4n) is 3.93. The molecule has 2 aromatic rings. The molecular formula is C29H35F3N4O4. The Kier molecular flexibility index (Phi) is 10.9. The third-order valence-electron chi connectivity index (χ3n) is 5.98. The van der Waals surface area contributed by atoms with Crippen molar-refractivity contribution in [1.29, 1.82) is 0 Å². The summed E-state index contributed by atoms with van der Waals surface area (Å²) in [5.41, 5.74) is -0.309. The number of anilines is 2. The standard InChI is InChI=1S/C29H35F3N4O4/c1-5-9-27-34-18-23(29(30,31)32)19(2)35-24-17-21(11-12-22(24)28(37)33-3)39-14-7-6-8-15-40-25-13-10-20(36-27)16-26(25)38-4/h9-13,16-18,35-36H,5-8,14-15H2,1-4H3,(H,33,37)/b23-19-,27-9-,34-18-. The van der Waals surface area contributed by atoms with Crippen molar-refractivity contribution in [1.82, 2.24) is 5.32 Å². The molecule has 0 unspecified atom stereocenters. The summed E-state index contributed by atoms with van der Waals surface area (Å²) >= 11 is 0. The van der Waals surface area contributed by atoms with Crippen LogP contribution in [-0.4, -0.2) is 45.7 Å². The van der Waals surface area contributed by atoms with Crippen molar-refractivity contribution >= 4 is 23.5 Å². The summed E-state index contributed by atoms with van der Waals surface area (Å²) in [6.45, 7) is 4.01. The highest BCUT2D eigenvalue weighted by molar-refractivity contribution is 6.00. The number of allylic oxidation sites excluding steroid dienone is 3. The number of carbonyl (C=O) groups is 1. The Bertz CT molecular complexity index is 1270. The minimum Gasteiger partial charge on any atom is -0.494 e. The first-order valence-electron chi connectivity index (χ1n) is 13.0. The molecule has 3 N–H and O–H groups in total. The summed E-state index contributed by atoms with van der Waals surface area (Å²) < 4.78 is 59.7. The number of methoxy groups -OCH3 is 1. The number of rotatable bonds is 3. The van der Waals surface area contributed by atoms with E-state index in [1.807, 2.05) is 6.92 Å². The van der Waals surface area contributed by atoms with Gasteiger partial charge < -0.3 is 30.2 Å². The van der Waals surface area contributed by atoms with Crippen LogP contribution in [0.15, 0.2) is 64.6 Å². The van der Waals surface area contributed by atoms with Gasteiger partial charge >= 0.3 is 6.18 Å². The average Bonchev–Trinajstić information content (AvgIpc) is 2.91. The Labute approximate surface area is 232 Å². The van der Waals surface area contributed by atoms with Crippen molar-refractivity contribution in [3.05, 3.63) is 65.1 Å². The van der Waals surface area contributed by atoms with E-state index < -0.39 is 17.7 Å². The van der Waals surface area contributed by atoms with E-state index in [2.05, 4.69) is 20.9 Å². The zero-order chi connectivity index (χ0) is 29.1. The van der Waals surface area contributed by atoms with Crippen LogP contribution in [-0.2, 0) is 0 Å². The molecule has 2 heterocycles. The summed E-state index contributed by atoms with van der Waals surface area (Å²) in [5.74, 6) is 1.25. The predicted molar refractivity (Wildman–Crippen MR) is 151 cm³/mol. The summed E-state index contributed by atoms with van der Waals surface area (Å²) in [4.78, 5) is 16.6. The minimum absolute atomic E-state index is 0.175. The Hall–Kier alpha value is -4.15. The lowest BCUT2D eigenvalue weighted by molar-refractivity contribution is -0.0862. The van der Waals surface area contributed by atoms with Crippen molar-refractivity contribution in [3.8, 4) is 17.2 Å². The van der Waals surface area contributed by atoms with Crippen molar-refractivity contribution in [2.45, 2.75) is 45.7 Å². The normalized spacial score (nSPS) is 18.8. The molecular weight excluding hydrogens is 525 g/mol. The number of aliphatic imine (C=N–C) groups is 1. The molecule has 0 atom stereocenters. The number of benzene rings is 2. The van der Waals surface area contributed by atoms with Gasteiger partial charge in [-0.2, -0.15) is 13.2 Å². The van der Waals surface area contributed by atoms with Crippen molar-refractivity contribution < 1.29 is 32.2 Å². The second-order valence-electron chi connectivity index (χ2n) is 8.95. The van der Waals surface area contributed by atoms with Gasteiger partial charge in [-0.15, -0.1) is 0 Å². The molecule has 2 aromatic carbocycles. The predicted octanol–water partition coefficient (Wildman–Crippen LogP) is 6.68. The van der Waals surface area contributed by atoms with E-state index in [1.165, 1.54) is 33.2 Å². The van der Waals surface area contributed by atoms with Crippen LogP contribution in [0.4, 0.5) is 24.5 Å². The van der Waals surface area contributed by atoms with Crippen LogP contribution in [0.25, 0.3) is 0 Å². The molecule has 0 saturated carbocycles. The van der Waals surface area contributed by atoms with Crippen LogP contribution in [0.2, 0.25) is 0 Å². The SMILES string of the molecule is CC/C=C1/N=C\C(C(F)(F)F)=C(/C)Nc2cc(ccc2C(=O)NC)OCCCCCOc2ccc(cc2OC)N1. The van der Waals surface area contributed by atoms with E-state index in [0.29, 0.717) is 42.6 Å². The lowest BCUT2D eigenvalue weighted by Gasteiger charge is -2.17. The fourth-order valence-corrected chi connectivity index (χ4v) is 3.93. The van der Waals surface area contributed by atoms with E-state index in [9.17, 15) is 18.0 Å². The van der Waals surface area contributed by atoms with Crippen LogP contribution in [0.1, 0.15) is 49.9 Å². The van der Waals surface area contributed by atoms with E-state index in [1.54, 1.807) is 30.3 Å². The molecule has 216 valence electrons. The number of fused-ring (bicyclic) bond motifs is 12. The van der Waals surface area contributed by atoms with Gasteiger partial charge in [0.1, 0.15) is 11.6 Å². The molecule has 0 saturated heterocycles. The lowest BCUT2D eigenvalue weighted by atomic mass is 10.1. The minimum atomic E-state index is -4.73. The Balaban J connectivity index is 2.07. The third-order valence-corrected chi connectivity index (χ3v) is 5.98. The van der Waals surface area contributed by atoms with E-state index in [-0.39, 0.29) is 22.8 Å². The first kappa shape index (κ1) is 30.4. The number of amides is 1. The molecule has 40 heavy (non-hydrogen) atoms. The molecule has 0 aromatic heterocycles. The monoisotopic (exact) mass is 560 g/mol. The molecule has 2 aliphatic rings. The van der Waals surface area contributed by atoms with E-state index in [4.69, 9.17) is 14.2 Å². The number of hydrogen-bond donors (Lipinski definition) is 3. The van der Waals surface area contributed by atoms with Gasteiger partial charge in [-0.1, -0.05) is 6.92 Å². The fraction of sp³-hybridized carbons (Fsp3) is 0.379. The largest absolute Gasteiger partial charge is 0.494 e. The second kappa shape index (κ2) is 14.3. The Morgan fingerprint density at radius 3 is 2.52 bits per heavy atom. The number of halogens is 3. The highest BCUT2D eigenvalue weighted by atomic mass is 19.4. The lowest BCUT2D eigenvalue weighted by Crippen LogP contribution is -2.21. The van der Waals surface area contributed by atoms with Gasteiger partial charge in [0.15, 0.2) is 11.5 Å². The molecule has 11 heteroatoms. The maximum atomic E-state index is 14.2. The van der Waals surface area contributed by atoms with Gasteiger partial charge in [-0.3, -0.25) is 4.79 Å². The molecule has 1 amide bonds. The number of nitrogens with zero attached hydrogens (tertiary/aromatic N) is 1.